The van der Waals surface area contributed by atoms with Gasteiger partial charge in [-0.2, -0.15) is 0 Å². The van der Waals surface area contributed by atoms with Crippen LogP contribution in [0.1, 0.15) is 106 Å². The van der Waals surface area contributed by atoms with Gasteiger partial charge in [0.15, 0.2) is 0 Å². The highest BCUT2D eigenvalue weighted by Crippen LogP contribution is 2.40. The molecule has 0 spiro atoms. The number of rotatable bonds is 7. The highest BCUT2D eigenvalue weighted by molar-refractivity contribution is 5.89. The second kappa shape index (κ2) is 9.58. The standard InChI is InChI=1S/C24H36O2/c1-2-5-18-8-10-19(11-9-18)12-13-20-14-16-21(17-15-20)22-6-3-4-7-23(22)24(25)26/h3-4,6-7,18-21H,2,5,8-17H2,1H3,(H,25,26). The molecule has 0 radical (unpaired) electrons. The van der Waals surface area contributed by atoms with E-state index in [1.165, 1.54) is 64.2 Å². The smallest absolute Gasteiger partial charge is 0.335 e. The molecule has 2 saturated carbocycles. The van der Waals surface area contributed by atoms with Gasteiger partial charge >= 0.3 is 5.97 Å². The van der Waals surface area contributed by atoms with Crippen LogP contribution in [0.3, 0.4) is 0 Å². The Labute approximate surface area is 159 Å². The van der Waals surface area contributed by atoms with Crippen LogP contribution in [0.15, 0.2) is 24.3 Å². The SMILES string of the molecule is CCCC1CCC(CCC2CCC(c3ccccc3C(=O)O)CC2)CC1. The summed E-state index contributed by atoms with van der Waals surface area (Å²) in [5.74, 6) is 2.54. The summed E-state index contributed by atoms with van der Waals surface area (Å²) in [5, 5.41) is 9.43. The maximum absolute atomic E-state index is 11.5. The van der Waals surface area contributed by atoms with E-state index in [1.807, 2.05) is 18.2 Å². The molecular weight excluding hydrogens is 320 g/mol. The van der Waals surface area contributed by atoms with Crippen molar-refractivity contribution >= 4 is 5.97 Å². The molecule has 2 nitrogen and oxygen atoms in total. The van der Waals surface area contributed by atoms with Gasteiger partial charge in [0, 0.05) is 0 Å². The van der Waals surface area contributed by atoms with Crippen molar-refractivity contribution in [3.63, 3.8) is 0 Å². The Morgan fingerprint density at radius 2 is 1.35 bits per heavy atom. The van der Waals surface area contributed by atoms with Crippen LogP contribution >= 0.6 is 0 Å². The second-order valence-corrected chi connectivity index (χ2v) is 8.86. The molecule has 1 N–H and O–H groups in total. The zero-order valence-corrected chi connectivity index (χ0v) is 16.5. The molecule has 0 unspecified atom stereocenters. The largest absolute Gasteiger partial charge is 0.478 e. The van der Waals surface area contributed by atoms with Gasteiger partial charge < -0.3 is 5.11 Å². The maximum Gasteiger partial charge on any atom is 0.335 e. The lowest BCUT2D eigenvalue weighted by Crippen LogP contribution is -2.18. The molecule has 2 fully saturated rings. The minimum Gasteiger partial charge on any atom is -0.478 e. The zero-order chi connectivity index (χ0) is 18.4. The normalized spacial score (nSPS) is 29.4. The van der Waals surface area contributed by atoms with Crippen molar-refractivity contribution in [2.45, 2.75) is 89.9 Å². The van der Waals surface area contributed by atoms with Gasteiger partial charge in [-0.05, 0) is 61.0 Å². The highest BCUT2D eigenvalue weighted by Gasteiger charge is 2.27. The first kappa shape index (κ1) is 19.5. The third-order valence-corrected chi connectivity index (χ3v) is 7.12. The number of carboxylic acids is 1. The number of hydrogen-bond donors (Lipinski definition) is 1. The van der Waals surface area contributed by atoms with E-state index in [2.05, 4.69) is 6.92 Å². The van der Waals surface area contributed by atoms with Crippen LogP contribution in [-0.2, 0) is 0 Å². The lowest BCUT2D eigenvalue weighted by Gasteiger charge is -2.32. The molecule has 0 amide bonds. The van der Waals surface area contributed by atoms with Crippen LogP contribution in [0, 0.1) is 17.8 Å². The summed E-state index contributed by atoms with van der Waals surface area (Å²) >= 11 is 0. The van der Waals surface area contributed by atoms with Crippen molar-refractivity contribution in [1.29, 1.82) is 0 Å². The summed E-state index contributed by atoms with van der Waals surface area (Å²) in [5.41, 5.74) is 1.58. The average molecular weight is 357 g/mol. The van der Waals surface area contributed by atoms with Gasteiger partial charge in [0.25, 0.3) is 0 Å². The molecule has 3 rings (SSSR count). The fraction of sp³-hybridized carbons (Fsp3) is 0.708. The predicted octanol–water partition coefficient (Wildman–Crippen LogP) is 7.05. The van der Waals surface area contributed by atoms with Gasteiger partial charge in [0.05, 0.1) is 5.56 Å². The van der Waals surface area contributed by atoms with E-state index in [0.717, 1.165) is 36.2 Å². The molecule has 2 aliphatic carbocycles. The summed E-state index contributed by atoms with van der Waals surface area (Å²) in [4.78, 5) is 11.5. The van der Waals surface area contributed by atoms with Crippen molar-refractivity contribution in [2.75, 3.05) is 0 Å². The Morgan fingerprint density at radius 3 is 1.88 bits per heavy atom. The second-order valence-electron chi connectivity index (χ2n) is 8.86. The zero-order valence-electron chi connectivity index (χ0n) is 16.5. The van der Waals surface area contributed by atoms with E-state index in [1.54, 1.807) is 6.07 Å². The summed E-state index contributed by atoms with van der Waals surface area (Å²) in [6.45, 7) is 2.32. The number of carbonyl (C=O) groups is 1. The van der Waals surface area contributed by atoms with E-state index in [4.69, 9.17) is 0 Å². The van der Waals surface area contributed by atoms with Gasteiger partial charge in [0.2, 0.25) is 0 Å². The van der Waals surface area contributed by atoms with Crippen LogP contribution in [0.5, 0.6) is 0 Å². The molecule has 2 aliphatic rings. The minimum atomic E-state index is -0.776. The Balaban J connectivity index is 1.41. The lowest BCUT2D eigenvalue weighted by atomic mass is 9.73. The Hall–Kier alpha value is -1.31. The average Bonchev–Trinajstić information content (AvgIpc) is 2.68. The molecule has 0 aromatic heterocycles. The fourth-order valence-electron chi connectivity index (χ4n) is 5.50. The molecular formula is C24H36O2. The van der Waals surface area contributed by atoms with Gasteiger partial charge in [0.1, 0.15) is 0 Å². The molecule has 2 heteroatoms. The van der Waals surface area contributed by atoms with E-state index < -0.39 is 5.97 Å². The molecule has 0 heterocycles. The molecule has 0 atom stereocenters. The quantitative estimate of drug-likeness (QED) is 0.568. The Bertz CT molecular complexity index is 563. The molecule has 1 aromatic carbocycles. The van der Waals surface area contributed by atoms with Crippen molar-refractivity contribution in [1.82, 2.24) is 0 Å². The van der Waals surface area contributed by atoms with Crippen molar-refractivity contribution in [3.8, 4) is 0 Å². The van der Waals surface area contributed by atoms with E-state index in [9.17, 15) is 9.90 Å². The number of carboxylic acid groups (broad SMARTS) is 1. The topological polar surface area (TPSA) is 37.3 Å². The van der Waals surface area contributed by atoms with Gasteiger partial charge in [-0.3, -0.25) is 0 Å². The molecule has 144 valence electrons. The molecule has 0 aliphatic heterocycles. The summed E-state index contributed by atoms with van der Waals surface area (Å²) in [6.07, 6.45) is 16.4. The van der Waals surface area contributed by atoms with Crippen molar-refractivity contribution in [2.24, 2.45) is 17.8 Å². The van der Waals surface area contributed by atoms with Crippen LogP contribution < -0.4 is 0 Å². The number of benzene rings is 1. The fourth-order valence-corrected chi connectivity index (χ4v) is 5.50. The van der Waals surface area contributed by atoms with Gasteiger partial charge in [-0.25, -0.2) is 4.79 Å². The monoisotopic (exact) mass is 356 g/mol. The third-order valence-electron chi connectivity index (χ3n) is 7.12. The molecule has 0 saturated heterocycles. The number of hydrogen-bond acceptors (Lipinski definition) is 1. The maximum atomic E-state index is 11.5. The first-order chi connectivity index (χ1) is 12.7. The lowest BCUT2D eigenvalue weighted by molar-refractivity contribution is 0.0694. The van der Waals surface area contributed by atoms with Crippen LogP contribution in [0.25, 0.3) is 0 Å². The highest BCUT2D eigenvalue weighted by atomic mass is 16.4. The first-order valence-corrected chi connectivity index (χ1v) is 11.0. The first-order valence-electron chi connectivity index (χ1n) is 11.0. The summed E-state index contributed by atoms with van der Waals surface area (Å²) < 4.78 is 0. The van der Waals surface area contributed by atoms with Gasteiger partial charge in [-0.15, -0.1) is 0 Å². The van der Waals surface area contributed by atoms with E-state index in [-0.39, 0.29) is 0 Å². The van der Waals surface area contributed by atoms with Crippen LogP contribution in [-0.4, -0.2) is 11.1 Å². The Kier molecular flexibility index (Phi) is 7.16. The molecule has 1 aromatic rings. The predicted molar refractivity (Wildman–Crippen MR) is 108 cm³/mol. The van der Waals surface area contributed by atoms with Crippen molar-refractivity contribution in [3.05, 3.63) is 35.4 Å². The molecule has 26 heavy (non-hydrogen) atoms. The summed E-state index contributed by atoms with van der Waals surface area (Å²) in [7, 11) is 0. The summed E-state index contributed by atoms with van der Waals surface area (Å²) in [6, 6.07) is 7.62. The number of aromatic carboxylic acids is 1. The van der Waals surface area contributed by atoms with E-state index >= 15 is 0 Å². The van der Waals surface area contributed by atoms with E-state index in [0.29, 0.717) is 11.5 Å². The minimum absolute atomic E-state index is 0.447. The van der Waals surface area contributed by atoms with Gasteiger partial charge in [-0.1, -0.05) is 76.5 Å². The van der Waals surface area contributed by atoms with Crippen LogP contribution in [0.2, 0.25) is 0 Å². The molecule has 0 bridgehead atoms. The van der Waals surface area contributed by atoms with Crippen molar-refractivity contribution < 1.29 is 9.90 Å². The third kappa shape index (κ3) is 5.11. The Morgan fingerprint density at radius 1 is 0.846 bits per heavy atom. The van der Waals surface area contributed by atoms with Crippen LogP contribution in [0.4, 0.5) is 0 Å².